The number of anilines is 1. The third-order valence-corrected chi connectivity index (χ3v) is 5.30. The summed E-state index contributed by atoms with van der Waals surface area (Å²) in [5.41, 5.74) is 3.70. The average Bonchev–Trinajstić information content (AvgIpc) is 3.40. The fourth-order valence-electron chi connectivity index (χ4n) is 3.73. The highest BCUT2D eigenvalue weighted by Crippen LogP contribution is 2.50. The van der Waals surface area contributed by atoms with E-state index in [2.05, 4.69) is 10.6 Å². The van der Waals surface area contributed by atoms with Crippen LogP contribution in [0.1, 0.15) is 35.1 Å². The fraction of sp³-hybridized carbons (Fsp3) is 0.350. The molecule has 1 aliphatic carbocycles. The maximum absolute atomic E-state index is 14.8. The first-order valence-electron chi connectivity index (χ1n) is 8.50. The van der Waals surface area contributed by atoms with E-state index < -0.39 is 5.41 Å². The summed E-state index contributed by atoms with van der Waals surface area (Å²) in [6, 6.07) is 11.6. The molecule has 1 fully saturated rings. The molecule has 1 heterocycles. The second kappa shape index (κ2) is 5.71. The quantitative estimate of drug-likeness (QED) is 0.908. The molecule has 2 aromatic carbocycles. The topological polar surface area (TPSA) is 41.1 Å². The van der Waals surface area contributed by atoms with E-state index in [0.717, 1.165) is 41.6 Å². The van der Waals surface area contributed by atoms with Gasteiger partial charge in [0.25, 0.3) is 0 Å². The number of nitrogens with one attached hydrogen (secondary N) is 2. The van der Waals surface area contributed by atoms with Crippen molar-refractivity contribution < 1.29 is 9.18 Å². The summed E-state index contributed by atoms with van der Waals surface area (Å²) in [5.74, 6) is -0.368. The highest BCUT2D eigenvalue weighted by atomic mass is 19.1. The molecule has 0 atom stereocenters. The van der Waals surface area contributed by atoms with Gasteiger partial charge in [0.1, 0.15) is 5.82 Å². The number of hydrogen-bond acceptors (Lipinski definition) is 2. The van der Waals surface area contributed by atoms with Gasteiger partial charge >= 0.3 is 0 Å². The summed E-state index contributed by atoms with van der Waals surface area (Å²) in [5, 5.41) is 6.09. The number of carbonyl (C=O) groups excluding carboxylic acids is 1. The average molecular weight is 324 g/mol. The molecule has 1 amide bonds. The van der Waals surface area contributed by atoms with Gasteiger partial charge < -0.3 is 10.6 Å². The van der Waals surface area contributed by atoms with Gasteiger partial charge in [0.05, 0.1) is 11.1 Å². The van der Waals surface area contributed by atoms with Crippen LogP contribution in [0.2, 0.25) is 0 Å². The molecule has 0 spiro atoms. The van der Waals surface area contributed by atoms with Crippen molar-refractivity contribution in [2.75, 3.05) is 11.9 Å². The van der Waals surface area contributed by atoms with Crippen LogP contribution in [0.3, 0.4) is 0 Å². The molecule has 2 aromatic rings. The Morgan fingerprint density at radius 2 is 2.00 bits per heavy atom. The second-order valence-electron chi connectivity index (χ2n) is 6.84. The van der Waals surface area contributed by atoms with Crippen LogP contribution in [0.25, 0.3) is 0 Å². The SMILES string of the molecule is Cc1ccccc1C1(C(=O)Nc2ccc3c(c2F)CCNC3)CC1. The third-order valence-electron chi connectivity index (χ3n) is 5.30. The molecule has 4 rings (SSSR count). The summed E-state index contributed by atoms with van der Waals surface area (Å²) >= 11 is 0. The van der Waals surface area contributed by atoms with Gasteiger partial charge in [-0.05, 0) is 61.1 Å². The number of benzene rings is 2. The molecule has 3 nitrogen and oxygen atoms in total. The molecule has 0 aromatic heterocycles. The first kappa shape index (κ1) is 15.3. The Bertz CT molecular complexity index is 811. The zero-order valence-electron chi connectivity index (χ0n) is 13.8. The van der Waals surface area contributed by atoms with E-state index >= 15 is 0 Å². The highest BCUT2D eigenvalue weighted by molar-refractivity contribution is 6.01. The van der Waals surface area contributed by atoms with E-state index in [1.54, 1.807) is 6.07 Å². The minimum Gasteiger partial charge on any atom is -0.323 e. The van der Waals surface area contributed by atoms with E-state index in [1.165, 1.54) is 0 Å². The monoisotopic (exact) mass is 324 g/mol. The number of carbonyl (C=O) groups is 1. The molecule has 24 heavy (non-hydrogen) atoms. The summed E-state index contributed by atoms with van der Waals surface area (Å²) in [6.45, 7) is 3.48. The Kier molecular flexibility index (Phi) is 3.65. The number of halogens is 1. The largest absolute Gasteiger partial charge is 0.323 e. The smallest absolute Gasteiger partial charge is 0.235 e. The van der Waals surface area contributed by atoms with Crippen LogP contribution in [-0.2, 0) is 23.2 Å². The van der Waals surface area contributed by atoms with Crippen molar-refractivity contribution in [1.82, 2.24) is 5.32 Å². The van der Waals surface area contributed by atoms with Gasteiger partial charge in [-0.15, -0.1) is 0 Å². The number of rotatable bonds is 3. The van der Waals surface area contributed by atoms with Gasteiger partial charge in [-0.2, -0.15) is 0 Å². The van der Waals surface area contributed by atoms with Gasteiger partial charge in [-0.3, -0.25) is 4.79 Å². The first-order chi connectivity index (χ1) is 11.6. The van der Waals surface area contributed by atoms with Gasteiger partial charge in [-0.1, -0.05) is 30.3 Å². The lowest BCUT2D eigenvalue weighted by Gasteiger charge is -2.21. The van der Waals surface area contributed by atoms with E-state index in [0.29, 0.717) is 18.7 Å². The number of fused-ring (bicyclic) bond motifs is 1. The number of amides is 1. The fourth-order valence-corrected chi connectivity index (χ4v) is 3.73. The Balaban J connectivity index is 1.62. The van der Waals surface area contributed by atoms with Crippen molar-refractivity contribution in [3.8, 4) is 0 Å². The molecule has 1 saturated carbocycles. The van der Waals surface area contributed by atoms with Crippen LogP contribution in [0.15, 0.2) is 36.4 Å². The maximum atomic E-state index is 14.8. The van der Waals surface area contributed by atoms with Gasteiger partial charge in [0, 0.05) is 6.54 Å². The lowest BCUT2D eigenvalue weighted by Crippen LogP contribution is -2.30. The normalized spacial score (nSPS) is 17.9. The zero-order valence-corrected chi connectivity index (χ0v) is 13.8. The van der Waals surface area contributed by atoms with Crippen LogP contribution in [-0.4, -0.2) is 12.5 Å². The highest BCUT2D eigenvalue weighted by Gasteiger charge is 2.52. The molecular formula is C20H21FN2O. The Labute approximate surface area is 141 Å². The van der Waals surface area contributed by atoms with Crippen molar-refractivity contribution >= 4 is 11.6 Å². The van der Waals surface area contributed by atoms with Gasteiger partial charge in [0.2, 0.25) is 5.91 Å². The lowest BCUT2D eigenvalue weighted by atomic mass is 9.91. The third kappa shape index (κ3) is 2.42. The van der Waals surface area contributed by atoms with Crippen molar-refractivity contribution in [3.63, 3.8) is 0 Å². The zero-order chi connectivity index (χ0) is 16.7. The minimum atomic E-state index is -0.491. The summed E-state index contributed by atoms with van der Waals surface area (Å²) in [4.78, 5) is 12.9. The molecule has 2 aliphatic rings. The molecule has 0 saturated heterocycles. The molecule has 4 heteroatoms. The van der Waals surface area contributed by atoms with Crippen molar-refractivity contribution in [2.45, 2.75) is 38.1 Å². The second-order valence-corrected chi connectivity index (χ2v) is 6.84. The predicted octanol–water partition coefficient (Wildman–Crippen LogP) is 3.45. The van der Waals surface area contributed by atoms with Gasteiger partial charge in [-0.25, -0.2) is 4.39 Å². The van der Waals surface area contributed by atoms with Crippen molar-refractivity contribution in [3.05, 3.63) is 64.5 Å². The lowest BCUT2D eigenvalue weighted by molar-refractivity contribution is -0.118. The Morgan fingerprint density at radius 1 is 1.21 bits per heavy atom. The molecule has 0 radical (unpaired) electrons. The number of hydrogen-bond donors (Lipinski definition) is 2. The van der Waals surface area contributed by atoms with E-state index in [9.17, 15) is 9.18 Å². The van der Waals surface area contributed by atoms with E-state index in [4.69, 9.17) is 0 Å². The molecule has 1 aliphatic heterocycles. The molecule has 0 unspecified atom stereocenters. The number of aryl methyl sites for hydroxylation is 1. The molecular weight excluding hydrogens is 303 g/mol. The Morgan fingerprint density at radius 3 is 2.75 bits per heavy atom. The molecule has 124 valence electrons. The van der Waals surface area contributed by atoms with Crippen LogP contribution in [0.4, 0.5) is 10.1 Å². The van der Waals surface area contributed by atoms with Crippen LogP contribution < -0.4 is 10.6 Å². The maximum Gasteiger partial charge on any atom is 0.235 e. The standard InChI is InChI=1S/C20H21FN2O/c1-13-4-2-3-5-16(13)20(9-10-20)19(24)23-17-7-6-14-12-22-11-8-15(14)18(17)21/h2-7,22H,8-12H2,1H3,(H,23,24). The predicted molar refractivity (Wildman–Crippen MR) is 92.5 cm³/mol. The minimum absolute atomic E-state index is 0.0930. The van der Waals surface area contributed by atoms with Crippen LogP contribution >= 0.6 is 0 Å². The van der Waals surface area contributed by atoms with Crippen molar-refractivity contribution in [2.24, 2.45) is 0 Å². The summed E-state index contributed by atoms with van der Waals surface area (Å²) < 4.78 is 14.8. The van der Waals surface area contributed by atoms with Crippen molar-refractivity contribution in [1.29, 1.82) is 0 Å². The molecule has 0 bridgehead atoms. The summed E-state index contributed by atoms with van der Waals surface area (Å²) in [7, 11) is 0. The first-order valence-corrected chi connectivity index (χ1v) is 8.50. The van der Waals surface area contributed by atoms with Crippen LogP contribution in [0.5, 0.6) is 0 Å². The van der Waals surface area contributed by atoms with E-state index in [-0.39, 0.29) is 11.7 Å². The summed E-state index contributed by atoms with van der Waals surface area (Å²) in [6.07, 6.45) is 2.30. The van der Waals surface area contributed by atoms with Crippen LogP contribution in [0, 0.1) is 12.7 Å². The Hall–Kier alpha value is -2.20. The van der Waals surface area contributed by atoms with Gasteiger partial charge in [0.15, 0.2) is 0 Å². The molecule has 2 N–H and O–H groups in total. The van der Waals surface area contributed by atoms with E-state index in [1.807, 2.05) is 37.3 Å².